The Morgan fingerprint density at radius 1 is 1.14 bits per heavy atom. The summed E-state index contributed by atoms with van der Waals surface area (Å²) in [5.74, 6) is -1.04. The fourth-order valence-corrected chi connectivity index (χ4v) is 3.06. The molecule has 2 aromatic rings. The molecule has 1 amide bonds. The molecule has 2 rings (SSSR count). The quantitative estimate of drug-likeness (QED) is 0.895. The number of amides is 1. The van der Waals surface area contributed by atoms with E-state index >= 15 is 0 Å². The van der Waals surface area contributed by atoms with Crippen LogP contribution in [-0.2, 0) is 14.8 Å². The van der Waals surface area contributed by atoms with Crippen molar-refractivity contribution in [3.8, 4) is 0 Å². The molecule has 22 heavy (non-hydrogen) atoms. The van der Waals surface area contributed by atoms with Crippen LogP contribution in [0.5, 0.6) is 0 Å². The number of anilines is 2. The van der Waals surface area contributed by atoms with Crippen molar-refractivity contribution < 1.29 is 17.6 Å². The maximum Gasteiger partial charge on any atom is 0.262 e. The summed E-state index contributed by atoms with van der Waals surface area (Å²) in [4.78, 5) is 10.8. The Bertz CT molecular complexity index is 787. The number of carbonyl (C=O) groups is 1. The highest BCUT2D eigenvalue weighted by atomic mass is 35.5. The molecule has 0 saturated carbocycles. The Labute approximate surface area is 132 Å². The van der Waals surface area contributed by atoms with Crippen molar-refractivity contribution in [2.45, 2.75) is 11.8 Å². The summed E-state index contributed by atoms with van der Waals surface area (Å²) in [6.07, 6.45) is 0. The van der Waals surface area contributed by atoms with E-state index in [0.717, 1.165) is 6.07 Å². The number of carbonyl (C=O) groups excluding carboxylic acids is 1. The number of rotatable bonds is 4. The van der Waals surface area contributed by atoms with Gasteiger partial charge in [0.1, 0.15) is 11.5 Å². The number of halogens is 2. The molecular formula is C14H12ClFN2O3S. The number of para-hydroxylation sites is 1. The van der Waals surface area contributed by atoms with Gasteiger partial charge in [-0.25, -0.2) is 12.8 Å². The Balaban J connectivity index is 2.29. The van der Waals surface area contributed by atoms with E-state index in [1.54, 1.807) is 0 Å². The van der Waals surface area contributed by atoms with Crippen LogP contribution in [-0.4, -0.2) is 14.3 Å². The van der Waals surface area contributed by atoms with E-state index in [1.165, 1.54) is 43.3 Å². The Morgan fingerprint density at radius 3 is 2.32 bits per heavy atom. The van der Waals surface area contributed by atoms with Gasteiger partial charge in [-0.2, -0.15) is 0 Å². The standard InChI is InChI=1S/C14H12ClFN2O3S/c1-9(19)17-10-5-7-11(8-6-10)22(20,21)18-14-12(15)3-2-4-13(14)16/h2-8,18H,1H3,(H,17,19). The van der Waals surface area contributed by atoms with Crippen molar-refractivity contribution in [3.63, 3.8) is 0 Å². The lowest BCUT2D eigenvalue weighted by molar-refractivity contribution is -0.114. The van der Waals surface area contributed by atoms with Crippen LogP contribution >= 0.6 is 11.6 Å². The molecule has 0 heterocycles. The molecule has 0 bridgehead atoms. The molecular weight excluding hydrogens is 331 g/mol. The van der Waals surface area contributed by atoms with Gasteiger partial charge >= 0.3 is 0 Å². The molecule has 0 aliphatic rings. The zero-order chi connectivity index (χ0) is 16.3. The number of nitrogens with one attached hydrogen (secondary N) is 2. The van der Waals surface area contributed by atoms with Gasteiger partial charge in [-0.1, -0.05) is 17.7 Å². The van der Waals surface area contributed by atoms with Gasteiger partial charge in [0.2, 0.25) is 5.91 Å². The SMILES string of the molecule is CC(=O)Nc1ccc(S(=O)(=O)Nc2c(F)cccc2Cl)cc1. The van der Waals surface area contributed by atoms with E-state index in [-0.39, 0.29) is 21.5 Å². The molecule has 0 aliphatic heterocycles. The fourth-order valence-electron chi connectivity index (χ4n) is 1.71. The molecule has 0 unspecified atom stereocenters. The monoisotopic (exact) mass is 342 g/mol. The molecule has 0 fully saturated rings. The van der Waals surface area contributed by atoms with Crippen LogP contribution in [0.2, 0.25) is 5.02 Å². The predicted octanol–water partition coefficient (Wildman–Crippen LogP) is 3.24. The van der Waals surface area contributed by atoms with Crippen LogP contribution in [0, 0.1) is 5.82 Å². The van der Waals surface area contributed by atoms with Gasteiger partial charge in [0.05, 0.1) is 9.92 Å². The van der Waals surface area contributed by atoms with Crippen LogP contribution in [0.15, 0.2) is 47.4 Å². The number of benzene rings is 2. The van der Waals surface area contributed by atoms with Gasteiger partial charge in [0, 0.05) is 12.6 Å². The molecule has 0 atom stereocenters. The van der Waals surface area contributed by atoms with Crippen LogP contribution in [0.3, 0.4) is 0 Å². The highest BCUT2D eigenvalue weighted by Crippen LogP contribution is 2.27. The summed E-state index contributed by atoms with van der Waals surface area (Å²) in [6, 6.07) is 9.30. The van der Waals surface area contributed by atoms with Gasteiger partial charge in [-0.3, -0.25) is 9.52 Å². The van der Waals surface area contributed by atoms with Crippen molar-refractivity contribution in [3.05, 3.63) is 53.3 Å². The molecule has 2 aromatic carbocycles. The first kappa shape index (κ1) is 16.3. The molecule has 116 valence electrons. The maximum atomic E-state index is 13.6. The zero-order valence-corrected chi connectivity index (χ0v) is 13.0. The normalized spacial score (nSPS) is 11.0. The lowest BCUT2D eigenvalue weighted by Gasteiger charge is -2.11. The number of sulfonamides is 1. The predicted molar refractivity (Wildman–Crippen MR) is 83.0 cm³/mol. The van der Waals surface area contributed by atoms with E-state index < -0.39 is 15.8 Å². The van der Waals surface area contributed by atoms with Crippen LogP contribution in [0.4, 0.5) is 15.8 Å². The average molecular weight is 343 g/mol. The van der Waals surface area contributed by atoms with Gasteiger partial charge < -0.3 is 5.32 Å². The van der Waals surface area contributed by atoms with Crippen molar-refractivity contribution >= 4 is 38.9 Å². The van der Waals surface area contributed by atoms with E-state index in [9.17, 15) is 17.6 Å². The second-order valence-electron chi connectivity index (χ2n) is 4.41. The average Bonchev–Trinajstić information content (AvgIpc) is 2.43. The highest BCUT2D eigenvalue weighted by Gasteiger charge is 2.18. The van der Waals surface area contributed by atoms with Gasteiger partial charge in [0.15, 0.2) is 0 Å². The van der Waals surface area contributed by atoms with Gasteiger partial charge in [0.25, 0.3) is 10.0 Å². The van der Waals surface area contributed by atoms with Gasteiger partial charge in [-0.15, -0.1) is 0 Å². The minimum Gasteiger partial charge on any atom is -0.326 e. The van der Waals surface area contributed by atoms with Gasteiger partial charge in [-0.05, 0) is 36.4 Å². The Morgan fingerprint density at radius 2 is 1.77 bits per heavy atom. The summed E-state index contributed by atoms with van der Waals surface area (Å²) in [7, 11) is -3.99. The smallest absolute Gasteiger partial charge is 0.262 e. The minimum atomic E-state index is -3.99. The van der Waals surface area contributed by atoms with E-state index in [4.69, 9.17) is 11.6 Å². The summed E-state index contributed by atoms with van der Waals surface area (Å²) >= 11 is 5.79. The molecule has 0 aromatic heterocycles. The number of hydrogen-bond donors (Lipinski definition) is 2. The summed E-state index contributed by atoms with van der Waals surface area (Å²) in [5, 5.41) is 2.47. The van der Waals surface area contributed by atoms with Crippen molar-refractivity contribution in [1.82, 2.24) is 0 Å². The first-order valence-electron chi connectivity index (χ1n) is 6.14. The van der Waals surface area contributed by atoms with E-state index in [0.29, 0.717) is 5.69 Å². The van der Waals surface area contributed by atoms with Crippen LogP contribution in [0.1, 0.15) is 6.92 Å². The van der Waals surface area contributed by atoms with E-state index in [1.807, 2.05) is 0 Å². The summed E-state index contributed by atoms with van der Waals surface area (Å²) in [5.41, 5.74) is 0.144. The molecule has 5 nitrogen and oxygen atoms in total. The lowest BCUT2D eigenvalue weighted by Crippen LogP contribution is -2.14. The third-order valence-electron chi connectivity index (χ3n) is 2.68. The molecule has 0 spiro atoms. The molecule has 8 heteroatoms. The molecule has 0 radical (unpaired) electrons. The van der Waals surface area contributed by atoms with E-state index in [2.05, 4.69) is 10.0 Å². The summed E-state index contributed by atoms with van der Waals surface area (Å²) < 4.78 is 40.2. The zero-order valence-electron chi connectivity index (χ0n) is 11.4. The third-order valence-corrected chi connectivity index (χ3v) is 4.36. The lowest BCUT2D eigenvalue weighted by atomic mass is 10.3. The number of hydrogen-bond acceptors (Lipinski definition) is 3. The Hall–Kier alpha value is -2.12. The summed E-state index contributed by atoms with van der Waals surface area (Å²) in [6.45, 7) is 1.34. The van der Waals surface area contributed by atoms with Crippen molar-refractivity contribution in [1.29, 1.82) is 0 Å². The van der Waals surface area contributed by atoms with Crippen LogP contribution in [0.25, 0.3) is 0 Å². The second kappa shape index (κ2) is 6.33. The fraction of sp³-hybridized carbons (Fsp3) is 0.0714. The van der Waals surface area contributed by atoms with Crippen LogP contribution < -0.4 is 10.0 Å². The third kappa shape index (κ3) is 3.75. The Kier molecular flexibility index (Phi) is 4.68. The first-order chi connectivity index (χ1) is 10.3. The molecule has 0 saturated heterocycles. The molecule has 0 aliphatic carbocycles. The first-order valence-corrected chi connectivity index (χ1v) is 8.00. The highest BCUT2D eigenvalue weighted by molar-refractivity contribution is 7.92. The maximum absolute atomic E-state index is 13.6. The second-order valence-corrected chi connectivity index (χ2v) is 6.50. The topological polar surface area (TPSA) is 75.3 Å². The molecule has 2 N–H and O–H groups in total. The van der Waals surface area contributed by atoms with Crippen molar-refractivity contribution in [2.75, 3.05) is 10.0 Å². The largest absolute Gasteiger partial charge is 0.326 e. The minimum absolute atomic E-state index is 0.0431. The van der Waals surface area contributed by atoms with Crippen molar-refractivity contribution in [2.24, 2.45) is 0 Å².